The fraction of sp³-hybridized carbons (Fsp3) is 0.385. The van der Waals surface area contributed by atoms with E-state index >= 15 is 0 Å². The molecule has 0 heterocycles. The average molecular weight is 287 g/mol. The minimum Gasteiger partial charge on any atom is -0.480 e. The molecule has 1 aromatic rings. The average Bonchev–Trinajstić information content (AvgIpc) is 2.29. The van der Waals surface area contributed by atoms with Crippen LogP contribution in [0.5, 0.6) is 0 Å². The Morgan fingerprint density at radius 2 is 1.89 bits per heavy atom. The van der Waals surface area contributed by atoms with Crippen molar-refractivity contribution in [2.45, 2.75) is 19.4 Å². The lowest BCUT2D eigenvalue weighted by atomic mass is 10.0. The molecule has 0 spiro atoms. The van der Waals surface area contributed by atoms with Crippen LogP contribution in [-0.2, 0) is 9.59 Å². The monoisotopic (exact) mass is 286 g/mol. The summed E-state index contributed by atoms with van der Waals surface area (Å²) in [4.78, 5) is 24.0. The lowest BCUT2D eigenvalue weighted by molar-refractivity contribution is -0.139. The quantitative estimate of drug-likeness (QED) is 0.794. The van der Waals surface area contributed by atoms with Crippen molar-refractivity contribution in [1.82, 2.24) is 4.90 Å². The van der Waals surface area contributed by atoms with E-state index < -0.39 is 17.9 Å². The fourth-order valence-corrected chi connectivity index (χ4v) is 1.95. The summed E-state index contributed by atoms with van der Waals surface area (Å²) in [5, 5.41) is 8.89. The molecule has 1 amide bonds. The van der Waals surface area contributed by atoms with Crippen molar-refractivity contribution in [2.75, 3.05) is 13.1 Å². The van der Waals surface area contributed by atoms with Gasteiger partial charge in [-0.05, 0) is 18.5 Å². The molecule has 0 fully saturated rings. The predicted octanol–water partition coefficient (Wildman–Crippen LogP) is 1.43. The number of carbonyl (C=O) groups is 2. The van der Waals surface area contributed by atoms with E-state index in [1.165, 1.54) is 0 Å². The highest BCUT2D eigenvalue weighted by atomic mass is 35.5. The topological polar surface area (TPSA) is 83.6 Å². The number of aliphatic carboxylic acids is 1. The highest BCUT2D eigenvalue weighted by molar-refractivity contribution is 5.85. The minimum atomic E-state index is -0.967. The van der Waals surface area contributed by atoms with Crippen LogP contribution in [0.2, 0.25) is 0 Å². The molecule has 1 atom stereocenters. The number of carbonyl (C=O) groups excluding carboxylic acids is 1. The standard InChI is InChI=1S/C13H18N2O3.ClH/c1-2-8-15(9-11(16)17)12(13(14)18)10-6-4-3-5-7-10;/h3-7,12H,2,8-9H2,1H3,(H2,14,18)(H,16,17);1H. The molecule has 1 rings (SSSR count). The van der Waals surface area contributed by atoms with Crippen LogP contribution in [0, 0.1) is 0 Å². The second-order valence-electron chi connectivity index (χ2n) is 4.08. The first-order chi connectivity index (χ1) is 8.56. The van der Waals surface area contributed by atoms with E-state index in [-0.39, 0.29) is 19.0 Å². The molecule has 3 N–H and O–H groups in total. The van der Waals surface area contributed by atoms with E-state index in [1.807, 2.05) is 13.0 Å². The summed E-state index contributed by atoms with van der Waals surface area (Å²) in [6.45, 7) is 2.24. The Hall–Kier alpha value is -1.59. The van der Waals surface area contributed by atoms with Crippen molar-refractivity contribution in [3.8, 4) is 0 Å². The lowest BCUT2D eigenvalue weighted by Crippen LogP contribution is -2.41. The molecule has 0 saturated carbocycles. The van der Waals surface area contributed by atoms with Gasteiger partial charge < -0.3 is 10.8 Å². The molecule has 6 heteroatoms. The Kier molecular flexibility index (Phi) is 7.79. The number of amides is 1. The van der Waals surface area contributed by atoms with Crippen LogP contribution < -0.4 is 5.73 Å². The molecular formula is C13H19ClN2O3. The number of nitrogens with zero attached hydrogens (tertiary/aromatic N) is 1. The van der Waals surface area contributed by atoms with Crippen molar-refractivity contribution in [2.24, 2.45) is 5.73 Å². The maximum atomic E-state index is 11.6. The van der Waals surface area contributed by atoms with Crippen LogP contribution in [0.15, 0.2) is 30.3 Å². The third-order valence-corrected chi connectivity index (χ3v) is 2.60. The van der Waals surface area contributed by atoms with E-state index in [9.17, 15) is 9.59 Å². The van der Waals surface area contributed by atoms with Crippen molar-refractivity contribution < 1.29 is 14.7 Å². The van der Waals surface area contributed by atoms with Crippen molar-refractivity contribution in [3.05, 3.63) is 35.9 Å². The predicted molar refractivity (Wildman–Crippen MR) is 75.1 cm³/mol. The second-order valence-corrected chi connectivity index (χ2v) is 4.08. The maximum Gasteiger partial charge on any atom is 0.317 e. The minimum absolute atomic E-state index is 0. The van der Waals surface area contributed by atoms with E-state index in [1.54, 1.807) is 29.2 Å². The van der Waals surface area contributed by atoms with Gasteiger partial charge in [-0.1, -0.05) is 37.3 Å². The van der Waals surface area contributed by atoms with Gasteiger partial charge in [0.1, 0.15) is 6.04 Å². The summed E-state index contributed by atoms with van der Waals surface area (Å²) in [6, 6.07) is 8.30. The summed E-state index contributed by atoms with van der Waals surface area (Å²) < 4.78 is 0. The Bertz CT molecular complexity index is 412. The van der Waals surface area contributed by atoms with Crippen LogP contribution in [0.25, 0.3) is 0 Å². The number of hydrogen-bond donors (Lipinski definition) is 2. The molecule has 0 aliphatic rings. The first-order valence-electron chi connectivity index (χ1n) is 5.86. The van der Waals surface area contributed by atoms with E-state index in [0.29, 0.717) is 6.54 Å². The molecule has 0 aliphatic carbocycles. The van der Waals surface area contributed by atoms with E-state index in [2.05, 4.69) is 0 Å². The van der Waals surface area contributed by atoms with Gasteiger partial charge in [-0.2, -0.15) is 0 Å². The summed E-state index contributed by atoms with van der Waals surface area (Å²) >= 11 is 0. The maximum absolute atomic E-state index is 11.6. The zero-order chi connectivity index (χ0) is 13.5. The van der Waals surface area contributed by atoms with Crippen LogP contribution in [-0.4, -0.2) is 35.0 Å². The van der Waals surface area contributed by atoms with Gasteiger partial charge in [0.2, 0.25) is 5.91 Å². The van der Waals surface area contributed by atoms with Crippen molar-refractivity contribution >= 4 is 24.3 Å². The third-order valence-electron chi connectivity index (χ3n) is 2.60. The Labute approximate surface area is 118 Å². The molecular weight excluding hydrogens is 268 g/mol. The molecule has 0 saturated heterocycles. The SMILES string of the molecule is CCCN(CC(=O)O)C(C(N)=O)c1ccccc1.Cl. The largest absolute Gasteiger partial charge is 0.480 e. The molecule has 19 heavy (non-hydrogen) atoms. The highest BCUT2D eigenvalue weighted by Crippen LogP contribution is 2.20. The van der Waals surface area contributed by atoms with Gasteiger partial charge in [0, 0.05) is 0 Å². The van der Waals surface area contributed by atoms with Gasteiger partial charge in [0.25, 0.3) is 0 Å². The number of carboxylic acid groups (broad SMARTS) is 1. The van der Waals surface area contributed by atoms with Crippen molar-refractivity contribution in [3.63, 3.8) is 0 Å². The van der Waals surface area contributed by atoms with Crippen molar-refractivity contribution in [1.29, 1.82) is 0 Å². The van der Waals surface area contributed by atoms with E-state index in [4.69, 9.17) is 10.8 Å². The normalized spacial score (nSPS) is 11.7. The summed E-state index contributed by atoms with van der Waals surface area (Å²) in [5.41, 5.74) is 6.12. The molecule has 5 nitrogen and oxygen atoms in total. The molecule has 0 bridgehead atoms. The molecule has 106 valence electrons. The highest BCUT2D eigenvalue weighted by Gasteiger charge is 2.26. The number of benzene rings is 1. The van der Waals surface area contributed by atoms with Crippen LogP contribution >= 0.6 is 12.4 Å². The number of nitrogens with two attached hydrogens (primary N) is 1. The van der Waals surface area contributed by atoms with Gasteiger partial charge in [0.05, 0.1) is 6.54 Å². The zero-order valence-corrected chi connectivity index (χ0v) is 11.6. The van der Waals surface area contributed by atoms with Gasteiger partial charge >= 0.3 is 5.97 Å². The lowest BCUT2D eigenvalue weighted by Gasteiger charge is -2.27. The first kappa shape index (κ1) is 17.4. The number of primary amides is 1. The summed E-state index contributed by atoms with van der Waals surface area (Å²) in [7, 11) is 0. The molecule has 1 unspecified atom stereocenters. The second kappa shape index (κ2) is 8.50. The summed E-state index contributed by atoms with van der Waals surface area (Å²) in [5.74, 6) is -1.50. The number of halogens is 1. The van der Waals surface area contributed by atoms with Gasteiger partial charge in [0.15, 0.2) is 0 Å². The smallest absolute Gasteiger partial charge is 0.317 e. The molecule has 1 aromatic carbocycles. The van der Waals surface area contributed by atoms with Gasteiger partial charge in [-0.25, -0.2) is 0 Å². The Morgan fingerprint density at radius 1 is 1.32 bits per heavy atom. The number of carboxylic acids is 1. The third kappa shape index (κ3) is 5.28. The zero-order valence-electron chi connectivity index (χ0n) is 10.8. The van der Waals surface area contributed by atoms with E-state index in [0.717, 1.165) is 12.0 Å². The Balaban J connectivity index is 0.00000324. The molecule has 0 radical (unpaired) electrons. The van der Waals surface area contributed by atoms with Crippen LogP contribution in [0.1, 0.15) is 24.9 Å². The fourth-order valence-electron chi connectivity index (χ4n) is 1.95. The molecule has 0 aromatic heterocycles. The Morgan fingerprint density at radius 3 is 2.32 bits per heavy atom. The van der Waals surface area contributed by atoms with Gasteiger partial charge in [-0.3, -0.25) is 14.5 Å². The number of hydrogen-bond acceptors (Lipinski definition) is 3. The van der Waals surface area contributed by atoms with Crippen LogP contribution in [0.4, 0.5) is 0 Å². The number of rotatable bonds is 7. The van der Waals surface area contributed by atoms with Gasteiger partial charge in [-0.15, -0.1) is 12.4 Å². The first-order valence-corrected chi connectivity index (χ1v) is 5.86. The summed E-state index contributed by atoms with van der Waals surface area (Å²) in [6.07, 6.45) is 0.754. The molecule has 0 aliphatic heterocycles. The van der Waals surface area contributed by atoms with Crippen LogP contribution in [0.3, 0.4) is 0 Å².